The SMILES string of the molecule is CC=CC(=O)N1CC(C)CC(N)C1. The molecule has 2 unspecified atom stereocenters. The highest BCUT2D eigenvalue weighted by molar-refractivity contribution is 5.87. The van der Waals surface area contributed by atoms with Crippen molar-refractivity contribution >= 4 is 5.91 Å². The van der Waals surface area contributed by atoms with E-state index in [0.717, 1.165) is 13.0 Å². The lowest BCUT2D eigenvalue weighted by molar-refractivity contribution is -0.128. The first-order valence-electron chi connectivity index (χ1n) is 4.80. The van der Waals surface area contributed by atoms with E-state index in [-0.39, 0.29) is 11.9 Å². The molecule has 3 nitrogen and oxygen atoms in total. The van der Waals surface area contributed by atoms with Gasteiger partial charge in [-0.2, -0.15) is 0 Å². The van der Waals surface area contributed by atoms with Gasteiger partial charge in [-0.15, -0.1) is 0 Å². The topological polar surface area (TPSA) is 46.3 Å². The van der Waals surface area contributed by atoms with E-state index in [0.29, 0.717) is 12.5 Å². The van der Waals surface area contributed by atoms with Gasteiger partial charge in [0.2, 0.25) is 5.91 Å². The zero-order chi connectivity index (χ0) is 9.84. The van der Waals surface area contributed by atoms with Gasteiger partial charge in [0.15, 0.2) is 0 Å². The van der Waals surface area contributed by atoms with Crippen LogP contribution in [0.15, 0.2) is 12.2 Å². The van der Waals surface area contributed by atoms with Crippen LogP contribution < -0.4 is 5.73 Å². The third-order valence-corrected chi connectivity index (χ3v) is 2.31. The van der Waals surface area contributed by atoms with E-state index in [4.69, 9.17) is 5.73 Å². The third kappa shape index (κ3) is 2.84. The largest absolute Gasteiger partial charge is 0.337 e. The van der Waals surface area contributed by atoms with Gasteiger partial charge in [-0.25, -0.2) is 0 Å². The maximum Gasteiger partial charge on any atom is 0.246 e. The first-order valence-corrected chi connectivity index (χ1v) is 4.80. The number of hydrogen-bond acceptors (Lipinski definition) is 2. The van der Waals surface area contributed by atoms with Crippen molar-refractivity contribution in [2.24, 2.45) is 11.7 Å². The van der Waals surface area contributed by atoms with Gasteiger partial charge in [0.1, 0.15) is 0 Å². The summed E-state index contributed by atoms with van der Waals surface area (Å²) < 4.78 is 0. The first kappa shape index (κ1) is 10.3. The summed E-state index contributed by atoms with van der Waals surface area (Å²) in [4.78, 5) is 13.3. The molecule has 3 heteroatoms. The minimum Gasteiger partial charge on any atom is -0.337 e. The third-order valence-electron chi connectivity index (χ3n) is 2.31. The lowest BCUT2D eigenvalue weighted by atomic mass is 9.96. The van der Waals surface area contributed by atoms with Crippen molar-refractivity contribution in [2.75, 3.05) is 13.1 Å². The second kappa shape index (κ2) is 4.42. The number of carbonyl (C=O) groups excluding carboxylic acids is 1. The maximum atomic E-state index is 11.5. The van der Waals surface area contributed by atoms with Crippen molar-refractivity contribution in [1.82, 2.24) is 4.90 Å². The molecule has 0 radical (unpaired) electrons. The van der Waals surface area contributed by atoms with E-state index in [9.17, 15) is 4.79 Å². The van der Waals surface area contributed by atoms with Crippen LogP contribution in [0.3, 0.4) is 0 Å². The molecule has 0 spiro atoms. The summed E-state index contributed by atoms with van der Waals surface area (Å²) in [5.41, 5.74) is 5.83. The van der Waals surface area contributed by atoms with Crippen LogP contribution in [0.5, 0.6) is 0 Å². The number of likely N-dealkylation sites (tertiary alicyclic amines) is 1. The fourth-order valence-corrected chi connectivity index (χ4v) is 1.83. The summed E-state index contributed by atoms with van der Waals surface area (Å²) in [6.07, 6.45) is 4.40. The van der Waals surface area contributed by atoms with Crippen molar-refractivity contribution in [3.05, 3.63) is 12.2 Å². The van der Waals surface area contributed by atoms with Crippen molar-refractivity contribution in [3.63, 3.8) is 0 Å². The van der Waals surface area contributed by atoms with E-state index < -0.39 is 0 Å². The molecule has 0 saturated carbocycles. The van der Waals surface area contributed by atoms with Crippen LogP contribution in [0, 0.1) is 5.92 Å². The Labute approximate surface area is 79.6 Å². The molecule has 1 fully saturated rings. The normalized spacial score (nSPS) is 29.6. The van der Waals surface area contributed by atoms with Gasteiger partial charge in [-0.05, 0) is 25.3 Å². The summed E-state index contributed by atoms with van der Waals surface area (Å²) in [5, 5.41) is 0. The van der Waals surface area contributed by atoms with E-state index in [1.54, 1.807) is 12.2 Å². The van der Waals surface area contributed by atoms with Crippen molar-refractivity contribution in [1.29, 1.82) is 0 Å². The van der Waals surface area contributed by atoms with Gasteiger partial charge in [-0.1, -0.05) is 13.0 Å². The quantitative estimate of drug-likeness (QED) is 0.608. The number of amides is 1. The molecule has 1 aliphatic rings. The Morgan fingerprint density at radius 2 is 2.23 bits per heavy atom. The molecule has 1 amide bonds. The molecule has 0 aromatic heterocycles. The minimum atomic E-state index is 0.0875. The van der Waals surface area contributed by atoms with Gasteiger partial charge in [0, 0.05) is 19.1 Å². The maximum absolute atomic E-state index is 11.5. The Bertz CT molecular complexity index is 203. The van der Waals surface area contributed by atoms with E-state index in [1.807, 2.05) is 11.8 Å². The Hall–Kier alpha value is -0.830. The zero-order valence-corrected chi connectivity index (χ0v) is 8.36. The summed E-state index contributed by atoms with van der Waals surface area (Å²) in [7, 11) is 0. The van der Waals surface area contributed by atoms with E-state index >= 15 is 0 Å². The highest BCUT2D eigenvalue weighted by Crippen LogP contribution is 2.14. The molecule has 1 heterocycles. The molecule has 74 valence electrons. The highest BCUT2D eigenvalue weighted by atomic mass is 16.2. The van der Waals surface area contributed by atoms with Gasteiger partial charge < -0.3 is 10.6 Å². The van der Waals surface area contributed by atoms with Crippen molar-refractivity contribution < 1.29 is 4.79 Å². The number of allylic oxidation sites excluding steroid dienone is 1. The molecule has 1 aliphatic heterocycles. The molecule has 2 N–H and O–H groups in total. The number of piperidine rings is 1. The number of nitrogens with zero attached hydrogens (tertiary/aromatic N) is 1. The summed E-state index contributed by atoms with van der Waals surface area (Å²) in [5.74, 6) is 0.613. The fraction of sp³-hybridized carbons (Fsp3) is 0.700. The highest BCUT2D eigenvalue weighted by Gasteiger charge is 2.23. The molecule has 2 atom stereocenters. The Kier molecular flexibility index (Phi) is 3.48. The van der Waals surface area contributed by atoms with Crippen LogP contribution in [0.25, 0.3) is 0 Å². The molecule has 1 saturated heterocycles. The Balaban J connectivity index is 2.54. The first-order chi connectivity index (χ1) is 6.13. The zero-order valence-electron chi connectivity index (χ0n) is 8.36. The predicted octanol–water partition coefficient (Wildman–Crippen LogP) is 0.758. The molecule has 0 aromatic carbocycles. The second-order valence-corrected chi connectivity index (χ2v) is 3.84. The average molecular weight is 182 g/mol. The predicted molar refractivity (Wildman–Crippen MR) is 53.2 cm³/mol. The van der Waals surface area contributed by atoms with E-state index in [1.165, 1.54) is 0 Å². The molecule has 13 heavy (non-hydrogen) atoms. The molecular weight excluding hydrogens is 164 g/mol. The van der Waals surface area contributed by atoms with Gasteiger partial charge in [-0.3, -0.25) is 4.79 Å². The lowest BCUT2D eigenvalue weighted by Gasteiger charge is -2.34. The van der Waals surface area contributed by atoms with Crippen LogP contribution in [0.1, 0.15) is 20.3 Å². The lowest BCUT2D eigenvalue weighted by Crippen LogP contribution is -2.48. The van der Waals surface area contributed by atoms with Crippen LogP contribution in [0.4, 0.5) is 0 Å². The summed E-state index contributed by atoms with van der Waals surface area (Å²) in [6.45, 7) is 5.53. The minimum absolute atomic E-state index is 0.0875. The molecule has 0 aromatic rings. The van der Waals surface area contributed by atoms with Crippen LogP contribution in [-0.2, 0) is 4.79 Å². The summed E-state index contributed by atoms with van der Waals surface area (Å²) in [6, 6.07) is 0.151. The van der Waals surface area contributed by atoms with Crippen LogP contribution >= 0.6 is 0 Å². The molecule has 0 aliphatic carbocycles. The monoisotopic (exact) mass is 182 g/mol. The smallest absolute Gasteiger partial charge is 0.246 e. The molecule has 1 rings (SSSR count). The summed E-state index contributed by atoms with van der Waals surface area (Å²) >= 11 is 0. The van der Waals surface area contributed by atoms with Gasteiger partial charge >= 0.3 is 0 Å². The molecular formula is C10H18N2O. The Morgan fingerprint density at radius 3 is 2.77 bits per heavy atom. The van der Waals surface area contributed by atoms with E-state index in [2.05, 4.69) is 6.92 Å². The fourth-order valence-electron chi connectivity index (χ4n) is 1.83. The number of carbonyl (C=O) groups is 1. The second-order valence-electron chi connectivity index (χ2n) is 3.84. The molecule has 0 bridgehead atoms. The van der Waals surface area contributed by atoms with Crippen molar-refractivity contribution in [2.45, 2.75) is 26.3 Å². The number of rotatable bonds is 1. The average Bonchev–Trinajstić information content (AvgIpc) is 2.03. The van der Waals surface area contributed by atoms with Crippen LogP contribution in [-0.4, -0.2) is 29.9 Å². The number of nitrogens with two attached hydrogens (primary N) is 1. The van der Waals surface area contributed by atoms with Crippen molar-refractivity contribution in [3.8, 4) is 0 Å². The standard InChI is InChI=1S/C10H18N2O/c1-3-4-10(13)12-6-8(2)5-9(11)7-12/h3-4,8-9H,5-7,11H2,1-2H3. The van der Waals surface area contributed by atoms with Crippen LogP contribution in [0.2, 0.25) is 0 Å². The Morgan fingerprint density at radius 1 is 1.54 bits per heavy atom. The van der Waals surface area contributed by atoms with Gasteiger partial charge in [0.25, 0.3) is 0 Å². The number of hydrogen-bond donors (Lipinski definition) is 1. The van der Waals surface area contributed by atoms with Gasteiger partial charge in [0.05, 0.1) is 0 Å².